The lowest BCUT2D eigenvalue weighted by atomic mass is 10.4. The molecule has 0 aliphatic heterocycles. The van der Waals surface area contributed by atoms with Crippen molar-refractivity contribution in [3.8, 4) is 0 Å². The van der Waals surface area contributed by atoms with Gasteiger partial charge in [-0.15, -0.1) is 0 Å². The molecule has 1 rings (SSSR count). The Labute approximate surface area is 108 Å². The average molecular weight is 322 g/mol. The molecule has 0 saturated heterocycles. The number of carbonyl (C=O) groups excluding carboxylic acids is 1. The van der Waals surface area contributed by atoms with Gasteiger partial charge >= 0.3 is 0 Å². The van der Waals surface area contributed by atoms with Crippen LogP contribution in [0.3, 0.4) is 0 Å². The quantitative estimate of drug-likeness (QED) is 0.814. The van der Waals surface area contributed by atoms with E-state index in [1.165, 1.54) is 25.5 Å². The summed E-state index contributed by atoms with van der Waals surface area (Å²) < 4.78 is 26.4. The number of nitrogens with one attached hydrogen (secondary N) is 2. The van der Waals surface area contributed by atoms with Crippen molar-refractivity contribution in [2.75, 3.05) is 13.6 Å². The summed E-state index contributed by atoms with van der Waals surface area (Å²) in [6.45, 7) is 0.0501. The SMILES string of the molecule is CNC(=O)CCNS(=O)(=O)c1cncc(Br)c1. The average Bonchev–Trinajstić information content (AvgIpc) is 2.28. The minimum atomic E-state index is -3.61. The number of amides is 1. The molecule has 0 radical (unpaired) electrons. The molecule has 0 unspecified atom stereocenters. The number of aromatic nitrogens is 1. The minimum Gasteiger partial charge on any atom is -0.359 e. The van der Waals surface area contributed by atoms with Gasteiger partial charge < -0.3 is 5.32 Å². The summed E-state index contributed by atoms with van der Waals surface area (Å²) in [7, 11) is -2.11. The van der Waals surface area contributed by atoms with Gasteiger partial charge in [-0.1, -0.05) is 0 Å². The molecule has 0 fully saturated rings. The van der Waals surface area contributed by atoms with Gasteiger partial charge in [0.25, 0.3) is 0 Å². The molecule has 1 heterocycles. The summed E-state index contributed by atoms with van der Waals surface area (Å²) in [5, 5.41) is 2.41. The highest BCUT2D eigenvalue weighted by atomic mass is 79.9. The van der Waals surface area contributed by atoms with Crippen LogP contribution < -0.4 is 10.0 Å². The van der Waals surface area contributed by atoms with E-state index in [-0.39, 0.29) is 23.8 Å². The molecule has 1 amide bonds. The van der Waals surface area contributed by atoms with Gasteiger partial charge in [0.05, 0.1) is 0 Å². The summed E-state index contributed by atoms with van der Waals surface area (Å²) in [4.78, 5) is 14.7. The number of rotatable bonds is 5. The molecule has 94 valence electrons. The predicted molar refractivity (Wildman–Crippen MR) is 65.8 cm³/mol. The molecule has 6 nitrogen and oxygen atoms in total. The van der Waals surface area contributed by atoms with Gasteiger partial charge in [-0.25, -0.2) is 13.1 Å². The minimum absolute atomic E-state index is 0.0501. The Morgan fingerprint density at radius 1 is 1.47 bits per heavy atom. The Morgan fingerprint density at radius 3 is 2.76 bits per heavy atom. The zero-order valence-corrected chi connectivity index (χ0v) is 11.5. The molecule has 17 heavy (non-hydrogen) atoms. The zero-order chi connectivity index (χ0) is 12.9. The lowest BCUT2D eigenvalue weighted by Gasteiger charge is -2.06. The number of nitrogens with zero attached hydrogens (tertiary/aromatic N) is 1. The third-order valence-corrected chi connectivity index (χ3v) is 3.77. The van der Waals surface area contributed by atoms with Crippen LogP contribution in [0.2, 0.25) is 0 Å². The van der Waals surface area contributed by atoms with Crippen molar-refractivity contribution < 1.29 is 13.2 Å². The van der Waals surface area contributed by atoms with Crippen molar-refractivity contribution in [1.29, 1.82) is 0 Å². The highest BCUT2D eigenvalue weighted by molar-refractivity contribution is 9.10. The fraction of sp³-hybridized carbons (Fsp3) is 0.333. The second-order valence-electron chi connectivity index (χ2n) is 3.16. The maximum Gasteiger partial charge on any atom is 0.242 e. The highest BCUT2D eigenvalue weighted by Gasteiger charge is 2.14. The van der Waals surface area contributed by atoms with E-state index in [1.54, 1.807) is 0 Å². The monoisotopic (exact) mass is 321 g/mol. The van der Waals surface area contributed by atoms with Gasteiger partial charge in [-0.05, 0) is 22.0 Å². The van der Waals surface area contributed by atoms with E-state index in [1.807, 2.05) is 0 Å². The largest absolute Gasteiger partial charge is 0.359 e. The van der Waals surface area contributed by atoms with E-state index in [2.05, 4.69) is 31.0 Å². The number of hydrogen-bond acceptors (Lipinski definition) is 4. The molecular weight excluding hydrogens is 310 g/mol. The molecule has 8 heteroatoms. The number of sulfonamides is 1. The standard InChI is InChI=1S/C9H12BrN3O3S/c1-11-9(14)2-3-13-17(15,16)8-4-7(10)5-12-6-8/h4-6,13H,2-3H2,1H3,(H,11,14). The molecule has 2 N–H and O–H groups in total. The molecule has 0 atom stereocenters. The van der Waals surface area contributed by atoms with Crippen LogP contribution >= 0.6 is 15.9 Å². The predicted octanol–water partition coefficient (Wildman–Crippen LogP) is 0.259. The van der Waals surface area contributed by atoms with Crippen LogP contribution in [-0.2, 0) is 14.8 Å². The highest BCUT2D eigenvalue weighted by Crippen LogP contribution is 2.13. The Kier molecular flexibility index (Phi) is 5.03. The molecule has 0 spiro atoms. The van der Waals surface area contributed by atoms with Crippen LogP contribution in [0.1, 0.15) is 6.42 Å². The van der Waals surface area contributed by atoms with E-state index in [4.69, 9.17) is 0 Å². The van der Waals surface area contributed by atoms with Crippen molar-refractivity contribution in [1.82, 2.24) is 15.0 Å². The van der Waals surface area contributed by atoms with Crippen LogP contribution in [0.4, 0.5) is 0 Å². The van der Waals surface area contributed by atoms with Gasteiger partial charge in [-0.3, -0.25) is 9.78 Å². The van der Waals surface area contributed by atoms with Crippen LogP contribution in [0, 0.1) is 0 Å². The summed E-state index contributed by atoms with van der Waals surface area (Å²) in [6, 6.07) is 1.44. The van der Waals surface area contributed by atoms with Gasteiger partial charge in [0.15, 0.2) is 0 Å². The van der Waals surface area contributed by atoms with Crippen LogP contribution in [0.5, 0.6) is 0 Å². The number of carbonyl (C=O) groups is 1. The van der Waals surface area contributed by atoms with Crippen molar-refractivity contribution >= 4 is 31.9 Å². The van der Waals surface area contributed by atoms with Crippen molar-refractivity contribution in [2.45, 2.75) is 11.3 Å². The topological polar surface area (TPSA) is 88.2 Å². The second kappa shape index (κ2) is 6.08. The first kappa shape index (κ1) is 14.1. The van der Waals surface area contributed by atoms with Gasteiger partial charge in [0.2, 0.25) is 15.9 Å². The zero-order valence-electron chi connectivity index (χ0n) is 9.10. The van der Waals surface area contributed by atoms with E-state index in [0.29, 0.717) is 4.47 Å². The summed E-state index contributed by atoms with van der Waals surface area (Å²) in [5.74, 6) is -0.222. The van der Waals surface area contributed by atoms with E-state index in [0.717, 1.165) is 0 Å². The number of hydrogen-bond donors (Lipinski definition) is 2. The molecule has 0 aliphatic carbocycles. The molecule has 0 aliphatic rings. The fourth-order valence-corrected chi connectivity index (χ4v) is 2.58. The first-order chi connectivity index (χ1) is 7.95. The first-order valence-electron chi connectivity index (χ1n) is 4.76. The van der Waals surface area contributed by atoms with Crippen LogP contribution in [0.25, 0.3) is 0 Å². The summed E-state index contributed by atoms with van der Waals surface area (Å²) >= 11 is 3.14. The van der Waals surface area contributed by atoms with Gasteiger partial charge in [0, 0.05) is 36.9 Å². The van der Waals surface area contributed by atoms with E-state index >= 15 is 0 Å². The first-order valence-corrected chi connectivity index (χ1v) is 7.04. The lowest BCUT2D eigenvalue weighted by Crippen LogP contribution is -2.29. The normalized spacial score (nSPS) is 11.2. The van der Waals surface area contributed by atoms with Crippen molar-refractivity contribution in [2.24, 2.45) is 0 Å². The maximum atomic E-state index is 11.8. The molecule has 0 bridgehead atoms. The molecular formula is C9H12BrN3O3S. The fourth-order valence-electron chi connectivity index (χ4n) is 1.05. The van der Waals surface area contributed by atoms with E-state index in [9.17, 15) is 13.2 Å². The van der Waals surface area contributed by atoms with Gasteiger partial charge in [-0.2, -0.15) is 0 Å². The maximum absolute atomic E-state index is 11.8. The molecule has 1 aromatic rings. The van der Waals surface area contributed by atoms with Gasteiger partial charge in [0.1, 0.15) is 4.90 Å². The second-order valence-corrected chi connectivity index (χ2v) is 5.84. The Morgan fingerprint density at radius 2 is 2.18 bits per heavy atom. The molecule has 0 aromatic carbocycles. The Hall–Kier alpha value is -0.990. The number of pyridine rings is 1. The molecule has 1 aromatic heterocycles. The third-order valence-electron chi connectivity index (χ3n) is 1.91. The Balaban J connectivity index is 2.66. The molecule has 0 saturated carbocycles. The van der Waals surface area contributed by atoms with Crippen LogP contribution in [0.15, 0.2) is 27.8 Å². The smallest absolute Gasteiger partial charge is 0.242 e. The van der Waals surface area contributed by atoms with Crippen molar-refractivity contribution in [3.05, 3.63) is 22.9 Å². The summed E-state index contributed by atoms with van der Waals surface area (Å²) in [5.41, 5.74) is 0. The Bertz CT molecular complexity index is 504. The summed E-state index contributed by atoms with van der Waals surface area (Å²) in [6.07, 6.45) is 2.83. The van der Waals surface area contributed by atoms with E-state index < -0.39 is 10.0 Å². The third kappa shape index (κ3) is 4.41. The lowest BCUT2D eigenvalue weighted by molar-refractivity contribution is -0.120. The van der Waals surface area contributed by atoms with Crippen molar-refractivity contribution in [3.63, 3.8) is 0 Å². The van der Waals surface area contributed by atoms with Crippen LogP contribution in [-0.4, -0.2) is 32.9 Å². The number of halogens is 1.